The highest BCUT2D eigenvalue weighted by Crippen LogP contribution is 2.30. The molecular formula is C20H25N3O4S. The fraction of sp³-hybridized carbons (Fsp3) is 0.350. The summed E-state index contributed by atoms with van der Waals surface area (Å²) in [6.07, 6.45) is 3.69. The third-order valence-corrected chi connectivity index (χ3v) is 6.51. The van der Waals surface area contributed by atoms with E-state index in [0.717, 1.165) is 5.56 Å². The average Bonchev–Trinajstić information content (AvgIpc) is 2.68. The van der Waals surface area contributed by atoms with E-state index in [1.807, 2.05) is 19.9 Å². The second-order valence-electron chi connectivity index (χ2n) is 6.55. The molecule has 2 rings (SSSR count). The number of hydrogen-bond acceptors (Lipinski definition) is 5. The standard InChI is InChI=1S/C20H25N3O4S/c1-4-9-22-19(24)20(25)23-13-18(16-6-5-10-21-12-16)28(26,27)17-11-14(2)7-8-15(17)3/h5-8,10-12,18H,4,9,13H2,1-3H3,(H,22,24)(H,23,25)/t18-/m1/s1. The van der Waals surface area contributed by atoms with Crippen LogP contribution in [-0.4, -0.2) is 38.3 Å². The number of nitrogens with zero attached hydrogens (tertiary/aromatic N) is 1. The van der Waals surface area contributed by atoms with Crippen molar-refractivity contribution in [2.24, 2.45) is 0 Å². The molecule has 28 heavy (non-hydrogen) atoms. The van der Waals surface area contributed by atoms with Gasteiger partial charge in [0.05, 0.1) is 4.90 Å². The Balaban J connectivity index is 2.34. The first kappa shape index (κ1) is 21.6. The lowest BCUT2D eigenvalue weighted by molar-refractivity contribution is -0.139. The fourth-order valence-corrected chi connectivity index (χ4v) is 4.70. The topological polar surface area (TPSA) is 105 Å². The van der Waals surface area contributed by atoms with Crippen LogP contribution in [0.1, 0.15) is 35.3 Å². The van der Waals surface area contributed by atoms with Crippen LogP contribution < -0.4 is 10.6 Å². The summed E-state index contributed by atoms with van der Waals surface area (Å²) in [7, 11) is -3.83. The number of carbonyl (C=O) groups excluding carboxylic acids is 2. The zero-order valence-electron chi connectivity index (χ0n) is 16.2. The zero-order valence-corrected chi connectivity index (χ0v) is 17.0. The molecule has 0 aliphatic rings. The van der Waals surface area contributed by atoms with Crippen LogP contribution >= 0.6 is 0 Å². The van der Waals surface area contributed by atoms with E-state index in [0.29, 0.717) is 24.1 Å². The molecule has 0 radical (unpaired) electrons. The molecule has 1 aromatic heterocycles. The maximum atomic E-state index is 13.4. The van der Waals surface area contributed by atoms with Crippen LogP contribution in [0.5, 0.6) is 0 Å². The normalized spacial score (nSPS) is 12.2. The largest absolute Gasteiger partial charge is 0.348 e. The Hall–Kier alpha value is -2.74. The summed E-state index contributed by atoms with van der Waals surface area (Å²) < 4.78 is 26.8. The first-order chi connectivity index (χ1) is 13.3. The van der Waals surface area contributed by atoms with Gasteiger partial charge in [0.15, 0.2) is 9.84 Å². The van der Waals surface area contributed by atoms with Gasteiger partial charge in [-0.15, -0.1) is 0 Å². The number of sulfone groups is 1. The van der Waals surface area contributed by atoms with Gasteiger partial charge in [-0.2, -0.15) is 0 Å². The van der Waals surface area contributed by atoms with Crippen molar-refractivity contribution < 1.29 is 18.0 Å². The molecule has 8 heteroatoms. The lowest BCUT2D eigenvalue weighted by Gasteiger charge is -2.20. The van der Waals surface area contributed by atoms with Crippen molar-refractivity contribution in [2.75, 3.05) is 13.1 Å². The summed E-state index contributed by atoms with van der Waals surface area (Å²) in [5.41, 5.74) is 1.88. The second-order valence-corrected chi connectivity index (χ2v) is 8.65. The molecule has 2 amide bonds. The van der Waals surface area contributed by atoms with E-state index in [9.17, 15) is 18.0 Å². The van der Waals surface area contributed by atoms with Crippen molar-refractivity contribution in [3.63, 3.8) is 0 Å². The SMILES string of the molecule is CCCNC(=O)C(=O)NC[C@H](c1cccnc1)S(=O)(=O)c1cc(C)ccc1C. The fourth-order valence-electron chi connectivity index (χ4n) is 2.72. The van der Waals surface area contributed by atoms with Gasteiger partial charge in [-0.05, 0) is 49.1 Å². The van der Waals surface area contributed by atoms with Crippen molar-refractivity contribution in [3.05, 3.63) is 59.4 Å². The summed E-state index contributed by atoms with van der Waals surface area (Å²) in [6.45, 7) is 5.55. The molecule has 0 saturated carbocycles. The number of hydrogen-bond donors (Lipinski definition) is 2. The second kappa shape index (κ2) is 9.45. The summed E-state index contributed by atoms with van der Waals surface area (Å²) in [5, 5.41) is 3.85. The van der Waals surface area contributed by atoms with Gasteiger partial charge in [0.2, 0.25) is 0 Å². The smallest absolute Gasteiger partial charge is 0.309 e. The Bertz CT molecular complexity index is 943. The van der Waals surface area contributed by atoms with E-state index >= 15 is 0 Å². The van der Waals surface area contributed by atoms with E-state index in [2.05, 4.69) is 15.6 Å². The highest BCUT2D eigenvalue weighted by molar-refractivity contribution is 7.91. The number of aryl methyl sites for hydroxylation is 2. The number of amides is 2. The zero-order chi connectivity index (χ0) is 20.7. The van der Waals surface area contributed by atoms with Crippen molar-refractivity contribution in [1.82, 2.24) is 15.6 Å². The average molecular weight is 404 g/mol. The number of benzene rings is 1. The van der Waals surface area contributed by atoms with Gasteiger partial charge in [-0.3, -0.25) is 14.6 Å². The van der Waals surface area contributed by atoms with Gasteiger partial charge in [0.1, 0.15) is 5.25 Å². The van der Waals surface area contributed by atoms with Gasteiger partial charge in [0.25, 0.3) is 0 Å². The van der Waals surface area contributed by atoms with Crippen molar-refractivity contribution in [2.45, 2.75) is 37.3 Å². The monoisotopic (exact) mass is 403 g/mol. The number of pyridine rings is 1. The first-order valence-electron chi connectivity index (χ1n) is 9.04. The first-order valence-corrected chi connectivity index (χ1v) is 10.6. The lowest BCUT2D eigenvalue weighted by Crippen LogP contribution is -2.42. The molecule has 7 nitrogen and oxygen atoms in total. The molecule has 0 aliphatic carbocycles. The highest BCUT2D eigenvalue weighted by Gasteiger charge is 2.31. The summed E-state index contributed by atoms with van der Waals surface area (Å²) in [6, 6.07) is 8.48. The van der Waals surface area contributed by atoms with Crippen LogP contribution in [0.2, 0.25) is 0 Å². The van der Waals surface area contributed by atoms with Crippen LogP contribution in [0.3, 0.4) is 0 Å². The number of aromatic nitrogens is 1. The minimum atomic E-state index is -3.83. The summed E-state index contributed by atoms with van der Waals surface area (Å²) >= 11 is 0. The van der Waals surface area contributed by atoms with Crippen molar-refractivity contribution in [3.8, 4) is 0 Å². The van der Waals surface area contributed by atoms with Gasteiger partial charge in [0, 0.05) is 25.5 Å². The minimum absolute atomic E-state index is 0.200. The van der Waals surface area contributed by atoms with Gasteiger partial charge < -0.3 is 10.6 Å². The highest BCUT2D eigenvalue weighted by atomic mass is 32.2. The molecule has 0 aliphatic heterocycles. The van der Waals surface area contributed by atoms with E-state index in [1.54, 1.807) is 37.4 Å². The molecule has 0 bridgehead atoms. The van der Waals surface area contributed by atoms with Crippen LogP contribution in [0, 0.1) is 13.8 Å². The maximum Gasteiger partial charge on any atom is 0.309 e. The molecule has 2 aromatic rings. The summed E-state index contributed by atoms with van der Waals surface area (Å²) in [5.74, 6) is -1.64. The molecule has 1 aromatic carbocycles. The van der Waals surface area contributed by atoms with Gasteiger partial charge in [-0.25, -0.2) is 8.42 Å². The van der Waals surface area contributed by atoms with E-state index < -0.39 is 26.9 Å². The predicted octanol–water partition coefficient (Wildman–Crippen LogP) is 1.86. The Morgan fingerprint density at radius 3 is 2.46 bits per heavy atom. The van der Waals surface area contributed by atoms with Gasteiger partial charge in [-0.1, -0.05) is 25.1 Å². The quantitative estimate of drug-likeness (QED) is 0.687. The molecule has 0 saturated heterocycles. The molecule has 1 atom stereocenters. The molecule has 0 unspecified atom stereocenters. The molecular weight excluding hydrogens is 378 g/mol. The van der Waals surface area contributed by atoms with Crippen LogP contribution in [0.25, 0.3) is 0 Å². The van der Waals surface area contributed by atoms with Crippen LogP contribution in [-0.2, 0) is 19.4 Å². The Labute approximate surface area is 165 Å². The van der Waals surface area contributed by atoms with E-state index in [-0.39, 0.29) is 11.4 Å². The molecule has 2 N–H and O–H groups in total. The lowest BCUT2D eigenvalue weighted by atomic mass is 10.2. The summed E-state index contributed by atoms with van der Waals surface area (Å²) in [4.78, 5) is 28.0. The van der Waals surface area contributed by atoms with E-state index in [1.165, 1.54) is 6.20 Å². The number of nitrogens with one attached hydrogen (secondary N) is 2. The molecule has 0 fully saturated rings. The maximum absolute atomic E-state index is 13.4. The third-order valence-electron chi connectivity index (χ3n) is 4.27. The molecule has 0 spiro atoms. The number of rotatable bonds is 7. The third kappa shape index (κ3) is 5.16. The van der Waals surface area contributed by atoms with Gasteiger partial charge >= 0.3 is 11.8 Å². The molecule has 1 heterocycles. The van der Waals surface area contributed by atoms with Crippen LogP contribution in [0.4, 0.5) is 0 Å². The Morgan fingerprint density at radius 1 is 1.11 bits per heavy atom. The van der Waals surface area contributed by atoms with Crippen molar-refractivity contribution >= 4 is 21.7 Å². The van der Waals surface area contributed by atoms with Crippen LogP contribution in [0.15, 0.2) is 47.6 Å². The van der Waals surface area contributed by atoms with Crippen molar-refractivity contribution in [1.29, 1.82) is 0 Å². The Morgan fingerprint density at radius 2 is 1.82 bits per heavy atom. The molecule has 150 valence electrons. The number of carbonyl (C=O) groups is 2. The van der Waals surface area contributed by atoms with E-state index in [4.69, 9.17) is 0 Å². The Kier molecular flexibility index (Phi) is 7.28. The predicted molar refractivity (Wildman–Crippen MR) is 106 cm³/mol. The minimum Gasteiger partial charge on any atom is -0.348 e.